The number of aromatic nitrogens is 2. The van der Waals surface area contributed by atoms with Gasteiger partial charge in [0.15, 0.2) is 5.69 Å². The SMILES string of the molecule is C\C=C/C(=C\C(=C\CC)CBr)C(N=C(CNC(=O)c1cc(C(F)(F)F)nn1C)OC)=C(C)CC. The Bertz CT molecular complexity index is 1000. The zero-order chi connectivity index (χ0) is 25.9. The number of rotatable bonds is 10. The van der Waals surface area contributed by atoms with Gasteiger partial charge in [0.2, 0.25) is 5.90 Å². The molecule has 0 unspecified atom stereocenters. The Morgan fingerprint density at radius 2 is 2.03 bits per heavy atom. The number of carbonyl (C=O) groups is 1. The fraction of sp³-hybridized carbons (Fsp3) is 0.458. The van der Waals surface area contributed by atoms with E-state index in [0.29, 0.717) is 17.1 Å². The minimum absolute atomic E-state index is 0.110. The predicted octanol–water partition coefficient (Wildman–Crippen LogP) is 6.13. The summed E-state index contributed by atoms with van der Waals surface area (Å²) in [4.78, 5) is 17.2. The standard InChI is InChI=1S/C24H32BrF3N4O2/c1-7-10-17(14-25)12-18(11-8-2)22(16(4)9-3)30-21(34-6)15-29-23(33)19-13-20(24(26,27)28)31-32(19)5/h8,10-13H,7,9,14-15H2,1-6H3,(H,29,33)/b11-8-,17-10-,18-12+,22-16?,30-21?. The minimum atomic E-state index is -4.64. The number of nitrogens with one attached hydrogen (secondary N) is 1. The maximum absolute atomic E-state index is 12.9. The number of carbonyl (C=O) groups excluding carboxylic acids is 1. The second kappa shape index (κ2) is 13.9. The highest BCUT2D eigenvalue weighted by atomic mass is 79.9. The van der Waals surface area contributed by atoms with Crippen LogP contribution in [0.1, 0.15) is 56.7 Å². The maximum atomic E-state index is 12.9. The van der Waals surface area contributed by atoms with Gasteiger partial charge in [-0.05, 0) is 43.9 Å². The fourth-order valence-corrected chi connectivity index (χ4v) is 3.30. The number of ether oxygens (including phenoxy) is 1. The molecule has 188 valence electrons. The lowest BCUT2D eigenvalue weighted by Gasteiger charge is -2.13. The first-order valence-electron chi connectivity index (χ1n) is 10.8. The van der Waals surface area contributed by atoms with Gasteiger partial charge in [-0.15, -0.1) is 0 Å². The van der Waals surface area contributed by atoms with E-state index in [1.54, 1.807) is 0 Å². The van der Waals surface area contributed by atoms with Gasteiger partial charge in [-0.3, -0.25) is 9.48 Å². The van der Waals surface area contributed by atoms with Crippen molar-refractivity contribution in [3.05, 3.63) is 64.2 Å². The first-order valence-corrected chi connectivity index (χ1v) is 11.9. The van der Waals surface area contributed by atoms with Crippen LogP contribution in [0.5, 0.6) is 0 Å². The van der Waals surface area contributed by atoms with Gasteiger partial charge in [-0.25, -0.2) is 4.99 Å². The van der Waals surface area contributed by atoms with Crippen LogP contribution < -0.4 is 5.32 Å². The number of halogens is 4. The van der Waals surface area contributed by atoms with E-state index in [9.17, 15) is 18.0 Å². The van der Waals surface area contributed by atoms with Crippen LogP contribution in [-0.4, -0.2) is 40.6 Å². The van der Waals surface area contributed by atoms with Gasteiger partial charge >= 0.3 is 6.18 Å². The molecule has 1 aromatic heterocycles. The molecule has 0 aliphatic heterocycles. The Morgan fingerprint density at radius 3 is 2.50 bits per heavy atom. The molecule has 1 rings (SSSR count). The van der Waals surface area contributed by atoms with Crippen LogP contribution in [0.2, 0.25) is 0 Å². The Hall–Kier alpha value is -2.62. The first-order chi connectivity index (χ1) is 16.0. The molecule has 1 amide bonds. The highest BCUT2D eigenvalue weighted by molar-refractivity contribution is 9.09. The topological polar surface area (TPSA) is 68.5 Å². The Morgan fingerprint density at radius 1 is 1.35 bits per heavy atom. The number of allylic oxidation sites excluding steroid dienone is 6. The Labute approximate surface area is 207 Å². The summed E-state index contributed by atoms with van der Waals surface area (Å²) < 4.78 is 45.0. The average molecular weight is 545 g/mol. The fourth-order valence-electron chi connectivity index (χ4n) is 2.91. The number of aliphatic imine (C=N–C) groups is 1. The highest BCUT2D eigenvalue weighted by Gasteiger charge is 2.35. The third-order valence-electron chi connectivity index (χ3n) is 4.79. The van der Waals surface area contributed by atoms with E-state index in [2.05, 4.69) is 44.3 Å². The van der Waals surface area contributed by atoms with E-state index < -0.39 is 17.8 Å². The lowest BCUT2D eigenvalue weighted by atomic mass is 10.0. The number of hydrogen-bond acceptors (Lipinski definition) is 4. The third kappa shape index (κ3) is 8.62. The van der Waals surface area contributed by atoms with Gasteiger partial charge in [0.1, 0.15) is 5.69 Å². The van der Waals surface area contributed by atoms with E-state index in [1.807, 2.05) is 39.0 Å². The molecule has 0 bridgehead atoms. The van der Waals surface area contributed by atoms with Crippen LogP contribution >= 0.6 is 15.9 Å². The summed E-state index contributed by atoms with van der Waals surface area (Å²) in [6, 6.07) is 0.709. The van der Waals surface area contributed by atoms with Crippen molar-refractivity contribution in [2.45, 2.75) is 46.7 Å². The summed E-state index contributed by atoms with van der Waals surface area (Å²) in [6.07, 6.45) is 5.00. The zero-order valence-electron chi connectivity index (χ0n) is 20.4. The summed E-state index contributed by atoms with van der Waals surface area (Å²) in [5, 5.41) is 6.61. The van der Waals surface area contributed by atoms with Crippen LogP contribution in [0.3, 0.4) is 0 Å². The van der Waals surface area contributed by atoms with E-state index in [1.165, 1.54) is 14.2 Å². The van der Waals surface area contributed by atoms with Crippen LogP contribution in [0.25, 0.3) is 0 Å². The summed E-state index contributed by atoms with van der Waals surface area (Å²) in [6.45, 7) is 7.84. The van der Waals surface area contributed by atoms with Crippen LogP contribution in [-0.2, 0) is 18.0 Å². The van der Waals surface area contributed by atoms with Crippen molar-refractivity contribution in [2.24, 2.45) is 12.0 Å². The first kappa shape index (κ1) is 29.4. The Kier molecular flexibility index (Phi) is 12.1. The smallest absolute Gasteiger partial charge is 0.435 e. The summed E-state index contributed by atoms with van der Waals surface area (Å²) in [7, 11) is 2.70. The van der Waals surface area contributed by atoms with Gasteiger partial charge in [-0.1, -0.05) is 48.0 Å². The third-order valence-corrected chi connectivity index (χ3v) is 5.44. The number of aryl methyl sites for hydroxylation is 1. The number of amides is 1. The minimum Gasteiger partial charge on any atom is -0.483 e. The van der Waals surface area contributed by atoms with Gasteiger partial charge in [0.05, 0.1) is 19.4 Å². The molecule has 10 heteroatoms. The summed E-state index contributed by atoms with van der Waals surface area (Å²) >= 11 is 3.51. The molecule has 0 aliphatic rings. The number of methoxy groups -OCH3 is 1. The lowest BCUT2D eigenvalue weighted by molar-refractivity contribution is -0.141. The molecular formula is C24H32BrF3N4O2. The van der Waals surface area contributed by atoms with Crippen molar-refractivity contribution < 1.29 is 22.7 Å². The maximum Gasteiger partial charge on any atom is 0.435 e. The van der Waals surface area contributed by atoms with Crippen molar-refractivity contribution in [3.63, 3.8) is 0 Å². The van der Waals surface area contributed by atoms with Crippen LogP contribution in [0.4, 0.5) is 13.2 Å². The van der Waals surface area contributed by atoms with E-state index in [4.69, 9.17) is 4.74 Å². The molecule has 0 saturated heterocycles. The molecule has 1 N–H and O–H groups in total. The zero-order valence-corrected chi connectivity index (χ0v) is 22.0. The van der Waals surface area contributed by atoms with E-state index in [-0.39, 0.29) is 18.1 Å². The van der Waals surface area contributed by atoms with E-state index in [0.717, 1.165) is 34.2 Å². The van der Waals surface area contributed by atoms with Crippen molar-refractivity contribution in [1.29, 1.82) is 0 Å². The molecule has 0 saturated carbocycles. The lowest BCUT2D eigenvalue weighted by Crippen LogP contribution is -2.31. The van der Waals surface area contributed by atoms with E-state index >= 15 is 0 Å². The molecule has 1 aromatic rings. The van der Waals surface area contributed by atoms with Crippen molar-refractivity contribution in [3.8, 4) is 0 Å². The summed E-state index contributed by atoms with van der Waals surface area (Å²) in [5.74, 6) is -0.505. The summed E-state index contributed by atoms with van der Waals surface area (Å²) in [5.41, 5.74) is 2.34. The molecule has 34 heavy (non-hydrogen) atoms. The average Bonchev–Trinajstić information content (AvgIpc) is 3.20. The molecule has 6 nitrogen and oxygen atoms in total. The molecule has 1 heterocycles. The molecule has 0 aromatic carbocycles. The largest absolute Gasteiger partial charge is 0.483 e. The molecule has 0 fully saturated rings. The van der Waals surface area contributed by atoms with Crippen molar-refractivity contribution in [2.75, 3.05) is 19.0 Å². The van der Waals surface area contributed by atoms with Gasteiger partial charge < -0.3 is 10.1 Å². The number of nitrogens with zero attached hydrogens (tertiary/aromatic N) is 3. The molecule has 0 radical (unpaired) electrons. The second-order valence-electron chi connectivity index (χ2n) is 7.33. The number of alkyl halides is 4. The van der Waals surface area contributed by atoms with Gasteiger partial charge in [0, 0.05) is 24.0 Å². The quantitative estimate of drug-likeness (QED) is 0.167. The Balaban J connectivity index is 3.28. The van der Waals surface area contributed by atoms with Gasteiger partial charge in [-0.2, -0.15) is 18.3 Å². The van der Waals surface area contributed by atoms with Gasteiger partial charge in [0.25, 0.3) is 5.91 Å². The van der Waals surface area contributed by atoms with Crippen molar-refractivity contribution in [1.82, 2.24) is 15.1 Å². The molecule has 0 aliphatic carbocycles. The van der Waals surface area contributed by atoms with Crippen molar-refractivity contribution >= 4 is 27.7 Å². The highest BCUT2D eigenvalue weighted by Crippen LogP contribution is 2.28. The monoisotopic (exact) mass is 544 g/mol. The van der Waals surface area contributed by atoms with Crippen LogP contribution in [0, 0.1) is 0 Å². The molecular weight excluding hydrogens is 513 g/mol. The van der Waals surface area contributed by atoms with Crippen LogP contribution in [0.15, 0.2) is 57.8 Å². The number of hydrogen-bond donors (Lipinski definition) is 1. The second-order valence-corrected chi connectivity index (χ2v) is 7.89. The predicted molar refractivity (Wildman–Crippen MR) is 133 cm³/mol. The normalized spacial score (nSPS) is 14.5. The molecule has 0 atom stereocenters. The molecule has 0 spiro atoms.